The maximum absolute atomic E-state index is 6.15. The molecule has 0 heterocycles. The quantitative estimate of drug-likeness (QED) is 0.806. The highest BCUT2D eigenvalue weighted by Crippen LogP contribution is 2.46. The number of terminal acetylenes is 1. The molecule has 102 valence electrons. The summed E-state index contributed by atoms with van der Waals surface area (Å²) in [6, 6.07) is 6.95. The Labute approximate surface area is 121 Å². The molecule has 0 bridgehead atoms. The molecule has 1 aliphatic carbocycles. The van der Waals surface area contributed by atoms with Crippen molar-refractivity contribution in [3.63, 3.8) is 0 Å². The predicted molar refractivity (Wildman–Crippen MR) is 82.3 cm³/mol. The van der Waals surface area contributed by atoms with Gasteiger partial charge in [0.05, 0.1) is 0 Å². The monoisotopic (exact) mass is 275 g/mol. The first-order chi connectivity index (χ1) is 8.97. The molecule has 0 spiro atoms. The van der Waals surface area contributed by atoms with Crippen molar-refractivity contribution in [1.82, 2.24) is 5.32 Å². The Bertz CT molecular complexity index is 498. The van der Waals surface area contributed by atoms with Gasteiger partial charge in [-0.05, 0) is 41.5 Å². The minimum atomic E-state index is 0.203. The van der Waals surface area contributed by atoms with E-state index in [4.69, 9.17) is 18.0 Å². The second-order valence-corrected chi connectivity index (χ2v) is 6.56. The summed E-state index contributed by atoms with van der Waals surface area (Å²) in [7, 11) is 0. The maximum atomic E-state index is 6.15. The van der Waals surface area contributed by atoms with Crippen molar-refractivity contribution in [3.05, 3.63) is 34.3 Å². The third-order valence-corrected chi connectivity index (χ3v) is 4.34. The van der Waals surface area contributed by atoms with E-state index in [2.05, 4.69) is 44.1 Å². The number of fused-ring (bicyclic) bond motifs is 1. The maximum Gasteiger partial charge on any atom is 0.0409 e. The van der Waals surface area contributed by atoms with Crippen LogP contribution in [0, 0.1) is 17.8 Å². The van der Waals surface area contributed by atoms with Gasteiger partial charge in [-0.25, -0.2) is 0 Å². The summed E-state index contributed by atoms with van der Waals surface area (Å²) in [4.78, 5) is 0. The first kappa shape index (κ1) is 14.4. The molecule has 1 aromatic rings. The SMILES string of the molecule is C#CCC(CC)NC1c2cc(Cl)ccc2CC1(C)C. The van der Waals surface area contributed by atoms with Crippen LogP contribution in [0.25, 0.3) is 0 Å². The number of hydrogen-bond donors (Lipinski definition) is 1. The van der Waals surface area contributed by atoms with Crippen LogP contribution in [0.15, 0.2) is 18.2 Å². The van der Waals surface area contributed by atoms with E-state index in [1.54, 1.807) is 0 Å². The van der Waals surface area contributed by atoms with Gasteiger partial charge < -0.3 is 5.32 Å². The molecule has 2 heteroatoms. The van der Waals surface area contributed by atoms with E-state index in [-0.39, 0.29) is 5.41 Å². The molecule has 1 aliphatic rings. The predicted octanol–water partition coefficient (Wildman–Crippen LogP) is 4.35. The molecule has 0 aliphatic heterocycles. The topological polar surface area (TPSA) is 12.0 Å². The third-order valence-electron chi connectivity index (χ3n) is 4.11. The molecule has 0 amide bonds. The van der Waals surface area contributed by atoms with E-state index in [0.29, 0.717) is 12.1 Å². The molecule has 0 fully saturated rings. The van der Waals surface area contributed by atoms with Crippen LogP contribution in [0.4, 0.5) is 0 Å². The Hall–Kier alpha value is -0.970. The van der Waals surface area contributed by atoms with Crippen molar-refractivity contribution in [3.8, 4) is 12.3 Å². The molecule has 2 atom stereocenters. The van der Waals surface area contributed by atoms with Gasteiger partial charge >= 0.3 is 0 Å². The number of nitrogens with one attached hydrogen (secondary N) is 1. The zero-order valence-corrected chi connectivity index (χ0v) is 12.7. The van der Waals surface area contributed by atoms with Gasteiger partial charge in [0.2, 0.25) is 0 Å². The fraction of sp³-hybridized carbons (Fsp3) is 0.529. The minimum Gasteiger partial charge on any atom is -0.306 e. The van der Waals surface area contributed by atoms with E-state index in [1.807, 2.05) is 6.07 Å². The molecular formula is C17H22ClN. The Morgan fingerprint density at radius 3 is 2.89 bits per heavy atom. The Balaban J connectivity index is 2.28. The van der Waals surface area contributed by atoms with Crippen LogP contribution >= 0.6 is 11.6 Å². The molecule has 19 heavy (non-hydrogen) atoms. The highest BCUT2D eigenvalue weighted by molar-refractivity contribution is 6.30. The summed E-state index contributed by atoms with van der Waals surface area (Å²) in [5.41, 5.74) is 2.95. The van der Waals surface area contributed by atoms with Gasteiger partial charge in [-0.3, -0.25) is 0 Å². The van der Waals surface area contributed by atoms with Gasteiger partial charge in [-0.1, -0.05) is 38.4 Å². The Morgan fingerprint density at radius 2 is 2.26 bits per heavy atom. The van der Waals surface area contributed by atoms with Crippen LogP contribution in [-0.2, 0) is 6.42 Å². The van der Waals surface area contributed by atoms with Crippen LogP contribution in [-0.4, -0.2) is 6.04 Å². The van der Waals surface area contributed by atoms with Gasteiger partial charge in [-0.15, -0.1) is 12.3 Å². The van der Waals surface area contributed by atoms with Gasteiger partial charge in [0.15, 0.2) is 0 Å². The van der Waals surface area contributed by atoms with Gasteiger partial charge in [-0.2, -0.15) is 0 Å². The molecule has 2 rings (SSSR count). The van der Waals surface area contributed by atoms with Crippen molar-refractivity contribution in [2.24, 2.45) is 5.41 Å². The van der Waals surface area contributed by atoms with Crippen molar-refractivity contribution < 1.29 is 0 Å². The van der Waals surface area contributed by atoms with Crippen LogP contribution in [0.1, 0.15) is 50.8 Å². The van der Waals surface area contributed by atoms with Crippen molar-refractivity contribution in [2.75, 3.05) is 0 Å². The lowest BCUT2D eigenvalue weighted by Crippen LogP contribution is -2.38. The van der Waals surface area contributed by atoms with Crippen LogP contribution in [0.3, 0.4) is 0 Å². The van der Waals surface area contributed by atoms with Crippen LogP contribution in [0.2, 0.25) is 5.02 Å². The van der Waals surface area contributed by atoms with E-state index < -0.39 is 0 Å². The summed E-state index contributed by atoms with van der Waals surface area (Å²) < 4.78 is 0. The largest absolute Gasteiger partial charge is 0.306 e. The fourth-order valence-corrected chi connectivity index (χ4v) is 3.20. The summed E-state index contributed by atoms with van der Waals surface area (Å²) in [5, 5.41) is 4.55. The molecule has 0 saturated carbocycles. The highest BCUT2D eigenvalue weighted by Gasteiger charge is 2.39. The third kappa shape index (κ3) is 2.96. The van der Waals surface area contributed by atoms with E-state index in [0.717, 1.165) is 24.3 Å². The van der Waals surface area contributed by atoms with E-state index in [9.17, 15) is 0 Å². The number of hydrogen-bond acceptors (Lipinski definition) is 1. The first-order valence-electron chi connectivity index (χ1n) is 6.95. The zero-order chi connectivity index (χ0) is 14.0. The van der Waals surface area contributed by atoms with Crippen molar-refractivity contribution in [1.29, 1.82) is 0 Å². The zero-order valence-electron chi connectivity index (χ0n) is 12.0. The molecule has 0 saturated heterocycles. The lowest BCUT2D eigenvalue weighted by Gasteiger charge is -2.32. The van der Waals surface area contributed by atoms with E-state index >= 15 is 0 Å². The Kier molecular flexibility index (Phi) is 4.23. The van der Waals surface area contributed by atoms with Gasteiger partial charge in [0.1, 0.15) is 0 Å². The van der Waals surface area contributed by atoms with Crippen molar-refractivity contribution in [2.45, 2.75) is 52.1 Å². The molecule has 1 nitrogen and oxygen atoms in total. The summed E-state index contributed by atoms with van der Waals surface area (Å²) in [6.45, 7) is 6.79. The van der Waals surface area contributed by atoms with Gasteiger partial charge in [0, 0.05) is 23.5 Å². The average Bonchev–Trinajstić information content (AvgIpc) is 2.60. The minimum absolute atomic E-state index is 0.203. The molecule has 0 radical (unpaired) electrons. The standard InChI is InChI=1S/C17H22ClN/c1-5-7-14(6-2)19-16-15-10-13(18)9-8-12(15)11-17(16,3)4/h1,8-10,14,16,19H,6-7,11H2,2-4H3. The van der Waals surface area contributed by atoms with Crippen molar-refractivity contribution >= 4 is 11.6 Å². The van der Waals surface area contributed by atoms with Crippen LogP contribution in [0.5, 0.6) is 0 Å². The lowest BCUT2D eigenvalue weighted by atomic mass is 9.84. The smallest absolute Gasteiger partial charge is 0.0409 e. The lowest BCUT2D eigenvalue weighted by molar-refractivity contribution is 0.245. The Morgan fingerprint density at radius 1 is 1.53 bits per heavy atom. The molecular weight excluding hydrogens is 254 g/mol. The summed E-state index contributed by atoms with van der Waals surface area (Å²) in [5.74, 6) is 2.77. The molecule has 0 aromatic heterocycles. The van der Waals surface area contributed by atoms with Crippen LogP contribution < -0.4 is 5.32 Å². The van der Waals surface area contributed by atoms with E-state index in [1.165, 1.54) is 11.1 Å². The van der Waals surface area contributed by atoms with Gasteiger partial charge in [0.25, 0.3) is 0 Å². The number of rotatable bonds is 4. The molecule has 1 N–H and O–H groups in total. The second-order valence-electron chi connectivity index (χ2n) is 6.12. The highest BCUT2D eigenvalue weighted by atomic mass is 35.5. The normalized spacial score (nSPS) is 21.7. The average molecular weight is 276 g/mol. The number of benzene rings is 1. The summed E-state index contributed by atoms with van der Waals surface area (Å²) in [6.07, 6.45) is 8.37. The summed E-state index contributed by atoms with van der Waals surface area (Å²) >= 11 is 6.15. The fourth-order valence-electron chi connectivity index (χ4n) is 3.02. The first-order valence-corrected chi connectivity index (χ1v) is 7.33. The second kappa shape index (κ2) is 5.57. The molecule has 1 aromatic carbocycles. The number of halogens is 1. The molecule has 2 unspecified atom stereocenters.